The minimum atomic E-state index is -0.117. The van der Waals surface area contributed by atoms with Gasteiger partial charge in [0.1, 0.15) is 0 Å². The molecule has 0 saturated carbocycles. The van der Waals surface area contributed by atoms with E-state index in [9.17, 15) is 4.79 Å². The maximum atomic E-state index is 12.4. The lowest BCUT2D eigenvalue weighted by molar-refractivity contribution is -0.116. The van der Waals surface area contributed by atoms with Gasteiger partial charge in [-0.2, -0.15) is 0 Å². The third-order valence-electron chi connectivity index (χ3n) is 5.25. The summed E-state index contributed by atoms with van der Waals surface area (Å²) in [6.45, 7) is 5.08. The van der Waals surface area contributed by atoms with Gasteiger partial charge in [0.2, 0.25) is 5.91 Å². The predicted molar refractivity (Wildman–Crippen MR) is 117 cm³/mol. The van der Waals surface area contributed by atoms with Crippen molar-refractivity contribution in [1.82, 2.24) is 19.6 Å². The zero-order valence-electron chi connectivity index (χ0n) is 15.7. The van der Waals surface area contributed by atoms with E-state index in [0.717, 1.165) is 29.7 Å². The summed E-state index contributed by atoms with van der Waals surface area (Å²) in [6.07, 6.45) is 7.60. The number of fused-ring (bicyclic) bond motifs is 1. The van der Waals surface area contributed by atoms with Crippen LogP contribution in [0.25, 0.3) is 11.0 Å². The molecule has 8 heteroatoms. The SMILES string of the molecule is CC1CCN(C(CNC(=O)C=Cc2c(Cl)nc3sccn23)c2cccs2)CC1. The van der Waals surface area contributed by atoms with Crippen LogP contribution in [-0.2, 0) is 4.79 Å². The molecule has 0 bridgehead atoms. The molecule has 3 aromatic heterocycles. The summed E-state index contributed by atoms with van der Waals surface area (Å²) in [6, 6.07) is 4.47. The lowest BCUT2D eigenvalue weighted by Crippen LogP contribution is -2.41. The Hall–Kier alpha value is -1.67. The van der Waals surface area contributed by atoms with Crippen molar-refractivity contribution >= 4 is 51.2 Å². The Morgan fingerprint density at radius 1 is 1.39 bits per heavy atom. The number of aromatic nitrogens is 2. The van der Waals surface area contributed by atoms with Gasteiger partial charge in [0.25, 0.3) is 0 Å². The molecule has 148 valence electrons. The average molecular weight is 435 g/mol. The van der Waals surface area contributed by atoms with Crippen molar-refractivity contribution in [3.05, 3.63) is 50.9 Å². The topological polar surface area (TPSA) is 49.6 Å². The van der Waals surface area contributed by atoms with Crippen molar-refractivity contribution in [2.24, 2.45) is 5.92 Å². The standard InChI is InChI=1S/C20H23ClN4OS2/c1-14-6-8-24(9-7-14)16(17-3-2-11-27-17)13-22-18(26)5-4-15-19(21)23-20-25(15)10-12-28-20/h2-5,10-12,14,16H,6-9,13H2,1H3,(H,22,26). The van der Waals surface area contributed by atoms with Crippen LogP contribution < -0.4 is 5.32 Å². The Morgan fingerprint density at radius 2 is 2.21 bits per heavy atom. The van der Waals surface area contributed by atoms with Crippen molar-refractivity contribution in [2.75, 3.05) is 19.6 Å². The van der Waals surface area contributed by atoms with E-state index in [2.05, 4.69) is 39.6 Å². The van der Waals surface area contributed by atoms with Gasteiger partial charge in [-0.25, -0.2) is 4.98 Å². The highest BCUT2D eigenvalue weighted by molar-refractivity contribution is 7.15. The number of carbonyl (C=O) groups excluding carboxylic acids is 1. The molecule has 4 heterocycles. The van der Waals surface area contributed by atoms with Gasteiger partial charge in [-0.05, 0) is 49.4 Å². The molecule has 4 rings (SSSR count). The summed E-state index contributed by atoms with van der Waals surface area (Å²) in [4.78, 5) is 21.4. The Morgan fingerprint density at radius 3 is 2.96 bits per heavy atom. The van der Waals surface area contributed by atoms with Crippen LogP contribution in [0.5, 0.6) is 0 Å². The van der Waals surface area contributed by atoms with Crippen LogP contribution in [0, 0.1) is 5.92 Å². The summed E-state index contributed by atoms with van der Waals surface area (Å²) in [5.41, 5.74) is 0.730. The maximum Gasteiger partial charge on any atom is 0.244 e. The second-order valence-electron chi connectivity index (χ2n) is 7.17. The molecule has 1 amide bonds. The first-order chi connectivity index (χ1) is 13.6. The molecule has 3 aromatic rings. The molecule has 1 aliphatic heterocycles. The van der Waals surface area contributed by atoms with Crippen LogP contribution in [0.2, 0.25) is 5.15 Å². The number of amides is 1. The molecular formula is C20H23ClN4OS2. The lowest BCUT2D eigenvalue weighted by Gasteiger charge is -2.36. The highest BCUT2D eigenvalue weighted by atomic mass is 35.5. The third-order valence-corrected chi connectivity index (χ3v) is 7.26. The minimum absolute atomic E-state index is 0.117. The molecule has 5 nitrogen and oxygen atoms in total. The van der Waals surface area contributed by atoms with E-state index in [0.29, 0.717) is 11.7 Å². The van der Waals surface area contributed by atoms with Gasteiger partial charge in [0, 0.05) is 29.1 Å². The first kappa shape index (κ1) is 19.6. The molecule has 1 N–H and O–H groups in total. The quantitative estimate of drug-likeness (QED) is 0.571. The fourth-order valence-corrected chi connectivity index (χ4v) is 5.43. The summed E-state index contributed by atoms with van der Waals surface area (Å²) < 4.78 is 1.89. The van der Waals surface area contributed by atoms with Gasteiger partial charge in [-0.15, -0.1) is 22.7 Å². The number of thiazole rings is 1. The number of nitrogens with zero attached hydrogens (tertiary/aromatic N) is 3. The van der Waals surface area contributed by atoms with Crippen molar-refractivity contribution in [3.8, 4) is 0 Å². The fourth-order valence-electron chi connectivity index (χ4n) is 3.57. The predicted octanol–water partition coefficient (Wildman–Crippen LogP) is 4.71. The average Bonchev–Trinajstić information content (AvgIpc) is 3.40. The first-order valence-corrected chi connectivity index (χ1v) is 11.6. The molecule has 1 fully saturated rings. The Bertz CT molecular complexity index is 954. The maximum absolute atomic E-state index is 12.4. The van der Waals surface area contributed by atoms with Crippen LogP contribution in [-0.4, -0.2) is 39.8 Å². The van der Waals surface area contributed by atoms with E-state index in [1.54, 1.807) is 17.4 Å². The summed E-state index contributed by atoms with van der Waals surface area (Å²) in [7, 11) is 0. The molecule has 0 aromatic carbocycles. The van der Waals surface area contributed by atoms with Gasteiger partial charge in [-0.3, -0.25) is 14.1 Å². The zero-order chi connectivity index (χ0) is 19.5. The van der Waals surface area contributed by atoms with Gasteiger partial charge in [0.15, 0.2) is 10.1 Å². The highest BCUT2D eigenvalue weighted by Gasteiger charge is 2.25. The van der Waals surface area contributed by atoms with Gasteiger partial charge in [0.05, 0.1) is 11.7 Å². The molecule has 28 heavy (non-hydrogen) atoms. The molecule has 0 spiro atoms. The van der Waals surface area contributed by atoms with E-state index in [-0.39, 0.29) is 11.9 Å². The molecule has 1 atom stereocenters. The van der Waals surface area contributed by atoms with Crippen molar-refractivity contribution < 1.29 is 4.79 Å². The number of piperidine rings is 1. The van der Waals surface area contributed by atoms with Crippen LogP contribution in [0.3, 0.4) is 0 Å². The highest BCUT2D eigenvalue weighted by Crippen LogP contribution is 2.29. The second kappa shape index (κ2) is 8.78. The molecule has 1 aliphatic rings. The van der Waals surface area contributed by atoms with Crippen molar-refractivity contribution in [3.63, 3.8) is 0 Å². The number of carbonyl (C=O) groups is 1. The zero-order valence-corrected chi connectivity index (χ0v) is 18.1. The Kier molecular flexibility index (Phi) is 6.16. The number of halogens is 1. The Labute approximate surface area is 177 Å². The monoisotopic (exact) mass is 434 g/mol. The van der Waals surface area contributed by atoms with E-state index in [1.165, 1.54) is 35.1 Å². The number of likely N-dealkylation sites (tertiary alicyclic amines) is 1. The summed E-state index contributed by atoms with van der Waals surface area (Å²) in [5, 5.41) is 7.53. The number of thiophene rings is 1. The van der Waals surface area contributed by atoms with Gasteiger partial charge < -0.3 is 5.32 Å². The summed E-state index contributed by atoms with van der Waals surface area (Å²) in [5.74, 6) is 0.667. The van der Waals surface area contributed by atoms with Crippen LogP contribution in [0.1, 0.15) is 36.4 Å². The van der Waals surface area contributed by atoms with Crippen LogP contribution in [0.4, 0.5) is 0 Å². The van der Waals surface area contributed by atoms with Crippen molar-refractivity contribution in [2.45, 2.75) is 25.8 Å². The van der Waals surface area contributed by atoms with E-state index < -0.39 is 0 Å². The number of hydrogen-bond acceptors (Lipinski definition) is 5. The molecule has 0 aliphatic carbocycles. The number of hydrogen-bond donors (Lipinski definition) is 1. The molecule has 1 saturated heterocycles. The van der Waals surface area contributed by atoms with Crippen LogP contribution >= 0.6 is 34.3 Å². The Balaban J connectivity index is 1.41. The lowest BCUT2D eigenvalue weighted by atomic mass is 9.97. The molecule has 1 unspecified atom stereocenters. The fraction of sp³-hybridized carbons (Fsp3) is 0.400. The minimum Gasteiger partial charge on any atom is -0.351 e. The number of imidazole rings is 1. The van der Waals surface area contributed by atoms with Crippen LogP contribution in [0.15, 0.2) is 35.2 Å². The second-order valence-corrected chi connectivity index (χ2v) is 9.38. The van der Waals surface area contributed by atoms with Crippen molar-refractivity contribution in [1.29, 1.82) is 0 Å². The largest absolute Gasteiger partial charge is 0.351 e. The normalized spacial score (nSPS) is 17.5. The molecule has 0 radical (unpaired) electrons. The first-order valence-electron chi connectivity index (χ1n) is 9.46. The smallest absolute Gasteiger partial charge is 0.244 e. The number of nitrogens with one attached hydrogen (secondary N) is 1. The third kappa shape index (κ3) is 4.33. The molecular weight excluding hydrogens is 412 g/mol. The summed E-state index contributed by atoms with van der Waals surface area (Å²) >= 11 is 9.46. The van der Waals surface area contributed by atoms with E-state index in [1.807, 2.05) is 16.0 Å². The van der Waals surface area contributed by atoms with Gasteiger partial charge in [-0.1, -0.05) is 24.6 Å². The van der Waals surface area contributed by atoms with E-state index in [4.69, 9.17) is 11.6 Å². The number of rotatable bonds is 6. The van der Waals surface area contributed by atoms with E-state index >= 15 is 0 Å². The van der Waals surface area contributed by atoms with Gasteiger partial charge >= 0.3 is 0 Å².